The second-order valence-corrected chi connectivity index (χ2v) is 5.54. The zero-order valence-corrected chi connectivity index (χ0v) is 11.0. The number of aliphatic imine (C=N–C) groups is 1. The van der Waals surface area contributed by atoms with Gasteiger partial charge in [-0.2, -0.15) is 0 Å². The Morgan fingerprint density at radius 2 is 1.93 bits per heavy atom. The summed E-state index contributed by atoms with van der Waals surface area (Å²) in [6, 6.07) is 0. The van der Waals surface area contributed by atoms with Crippen molar-refractivity contribution in [2.45, 2.75) is 53.4 Å². The summed E-state index contributed by atoms with van der Waals surface area (Å²) in [6.07, 6.45) is 4.99. The Bertz CT molecular complexity index is 198. The van der Waals surface area contributed by atoms with Gasteiger partial charge in [0.15, 0.2) is 0 Å². The van der Waals surface area contributed by atoms with Crippen LogP contribution in [0.2, 0.25) is 0 Å². The fourth-order valence-electron chi connectivity index (χ4n) is 1.86. The molecule has 15 heavy (non-hydrogen) atoms. The Morgan fingerprint density at radius 1 is 1.33 bits per heavy atom. The van der Waals surface area contributed by atoms with E-state index in [0.717, 1.165) is 18.9 Å². The van der Waals surface area contributed by atoms with Gasteiger partial charge in [0.25, 0.3) is 0 Å². The molecule has 0 fully saturated rings. The standard InChI is InChI=1S/C14H27N/c1-7-8-9-13(14(3,4)5)10-12(2)11-15-6/h13H,2,6-11H2,1,3-5H3. The molecule has 0 bridgehead atoms. The van der Waals surface area contributed by atoms with Crippen LogP contribution in [-0.2, 0) is 0 Å². The molecule has 0 spiro atoms. The van der Waals surface area contributed by atoms with E-state index in [9.17, 15) is 0 Å². The smallest absolute Gasteiger partial charge is 0.0589 e. The van der Waals surface area contributed by atoms with Crippen molar-refractivity contribution in [3.05, 3.63) is 12.2 Å². The van der Waals surface area contributed by atoms with Gasteiger partial charge in [-0.05, 0) is 30.9 Å². The first-order valence-corrected chi connectivity index (χ1v) is 6.01. The lowest BCUT2D eigenvalue weighted by molar-refractivity contribution is 0.219. The highest BCUT2D eigenvalue weighted by Crippen LogP contribution is 2.34. The highest BCUT2D eigenvalue weighted by Gasteiger charge is 2.24. The van der Waals surface area contributed by atoms with E-state index in [1.807, 2.05) is 0 Å². The molecule has 1 nitrogen and oxygen atoms in total. The molecule has 0 saturated carbocycles. The monoisotopic (exact) mass is 209 g/mol. The maximum Gasteiger partial charge on any atom is 0.0589 e. The van der Waals surface area contributed by atoms with Crippen molar-refractivity contribution in [3.8, 4) is 0 Å². The Hall–Kier alpha value is -0.590. The van der Waals surface area contributed by atoms with Crippen LogP contribution in [0.1, 0.15) is 53.4 Å². The number of hydrogen-bond donors (Lipinski definition) is 0. The van der Waals surface area contributed by atoms with E-state index in [1.54, 1.807) is 0 Å². The summed E-state index contributed by atoms with van der Waals surface area (Å²) in [4.78, 5) is 3.90. The molecule has 1 atom stereocenters. The van der Waals surface area contributed by atoms with E-state index in [2.05, 4.69) is 46.0 Å². The number of hydrogen-bond acceptors (Lipinski definition) is 1. The first kappa shape index (κ1) is 14.4. The van der Waals surface area contributed by atoms with Crippen LogP contribution in [0.4, 0.5) is 0 Å². The van der Waals surface area contributed by atoms with Gasteiger partial charge in [0.1, 0.15) is 0 Å². The topological polar surface area (TPSA) is 12.4 Å². The largest absolute Gasteiger partial charge is 0.297 e. The van der Waals surface area contributed by atoms with Gasteiger partial charge in [-0.3, -0.25) is 4.99 Å². The molecular formula is C14H27N. The zero-order valence-electron chi connectivity index (χ0n) is 11.0. The Morgan fingerprint density at radius 3 is 2.33 bits per heavy atom. The van der Waals surface area contributed by atoms with Gasteiger partial charge in [-0.1, -0.05) is 52.7 Å². The minimum atomic E-state index is 0.374. The van der Waals surface area contributed by atoms with E-state index >= 15 is 0 Å². The molecule has 0 aromatic rings. The summed E-state index contributed by atoms with van der Waals surface area (Å²) < 4.78 is 0. The Balaban J connectivity index is 4.24. The lowest BCUT2D eigenvalue weighted by atomic mass is 9.74. The molecule has 0 N–H and O–H groups in total. The molecule has 0 amide bonds. The molecule has 88 valence electrons. The average Bonchev–Trinajstić information content (AvgIpc) is 2.10. The first-order chi connectivity index (χ1) is 6.91. The van der Waals surface area contributed by atoms with Gasteiger partial charge in [-0.15, -0.1) is 0 Å². The Labute approximate surface area is 95.7 Å². The van der Waals surface area contributed by atoms with Crippen LogP contribution >= 0.6 is 0 Å². The normalized spacial score (nSPS) is 13.6. The molecule has 0 aromatic heterocycles. The summed E-state index contributed by atoms with van der Waals surface area (Å²) >= 11 is 0. The van der Waals surface area contributed by atoms with Gasteiger partial charge in [0.05, 0.1) is 6.54 Å². The van der Waals surface area contributed by atoms with Crippen LogP contribution in [0, 0.1) is 11.3 Å². The second kappa shape index (κ2) is 6.81. The molecule has 0 rings (SSSR count). The molecule has 0 heterocycles. The van der Waals surface area contributed by atoms with Crippen molar-refractivity contribution < 1.29 is 0 Å². The highest BCUT2D eigenvalue weighted by molar-refractivity contribution is 5.24. The maximum atomic E-state index is 4.07. The number of nitrogens with zero attached hydrogens (tertiary/aromatic N) is 1. The average molecular weight is 209 g/mol. The summed E-state index contributed by atoms with van der Waals surface area (Å²) in [5.74, 6) is 0.728. The maximum absolute atomic E-state index is 4.07. The molecule has 0 aromatic carbocycles. The van der Waals surface area contributed by atoms with E-state index in [4.69, 9.17) is 0 Å². The Kier molecular flexibility index (Phi) is 6.55. The summed E-state index contributed by atoms with van der Waals surface area (Å²) in [5, 5.41) is 0. The predicted octanol–water partition coefficient (Wildman–Crippen LogP) is 4.49. The van der Waals surface area contributed by atoms with Gasteiger partial charge in [0.2, 0.25) is 0 Å². The van der Waals surface area contributed by atoms with E-state index in [-0.39, 0.29) is 0 Å². The second-order valence-electron chi connectivity index (χ2n) is 5.54. The van der Waals surface area contributed by atoms with Crippen molar-refractivity contribution in [2.75, 3.05) is 6.54 Å². The molecular weight excluding hydrogens is 182 g/mol. The third-order valence-electron chi connectivity index (χ3n) is 3.00. The SMILES string of the molecule is C=NCC(=C)CC(CCCC)C(C)(C)C. The summed E-state index contributed by atoms with van der Waals surface area (Å²) in [5.41, 5.74) is 1.60. The molecule has 0 aliphatic rings. The summed E-state index contributed by atoms with van der Waals surface area (Å²) in [7, 11) is 0. The molecule has 0 radical (unpaired) electrons. The summed E-state index contributed by atoms with van der Waals surface area (Å²) in [6.45, 7) is 17.5. The van der Waals surface area contributed by atoms with Crippen molar-refractivity contribution in [1.82, 2.24) is 0 Å². The number of unbranched alkanes of at least 4 members (excludes halogenated alkanes) is 1. The van der Waals surface area contributed by atoms with Gasteiger partial charge < -0.3 is 0 Å². The molecule has 1 unspecified atom stereocenters. The predicted molar refractivity (Wildman–Crippen MR) is 70.6 cm³/mol. The van der Waals surface area contributed by atoms with Crippen LogP contribution in [0.25, 0.3) is 0 Å². The van der Waals surface area contributed by atoms with Crippen molar-refractivity contribution >= 4 is 6.72 Å². The fraction of sp³-hybridized carbons (Fsp3) is 0.786. The number of rotatable bonds is 7. The highest BCUT2D eigenvalue weighted by atomic mass is 14.7. The van der Waals surface area contributed by atoms with Crippen LogP contribution in [0.3, 0.4) is 0 Å². The molecule has 0 aliphatic heterocycles. The molecule has 0 saturated heterocycles. The minimum Gasteiger partial charge on any atom is -0.297 e. The first-order valence-electron chi connectivity index (χ1n) is 6.01. The van der Waals surface area contributed by atoms with Crippen molar-refractivity contribution in [1.29, 1.82) is 0 Å². The van der Waals surface area contributed by atoms with E-state index < -0.39 is 0 Å². The third kappa shape index (κ3) is 6.48. The van der Waals surface area contributed by atoms with Gasteiger partial charge >= 0.3 is 0 Å². The van der Waals surface area contributed by atoms with E-state index in [0.29, 0.717) is 5.41 Å². The van der Waals surface area contributed by atoms with Crippen LogP contribution < -0.4 is 0 Å². The minimum absolute atomic E-state index is 0.374. The zero-order chi connectivity index (χ0) is 11.9. The van der Waals surface area contributed by atoms with Gasteiger partial charge in [0, 0.05) is 0 Å². The van der Waals surface area contributed by atoms with Crippen LogP contribution in [-0.4, -0.2) is 13.3 Å². The van der Waals surface area contributed by atoms with E-state index in [1.165, 1.54) is 24.8 Å². The fourth-order valence-corrected chi connectivity index (χ4v) is 1.86. The molecule has 1 heteroatoms. The van der Waals surface area contributed by atoms with Crippen molar-refractivity contribution in [3.63, 3.8) is 0 Å². The van der Waals surface area contributed by atoms with Crippen LogP contribution in [0.5, 0.6) is 0 Å². The lowest BCUT2D eigenvalue weighted by Crippen LogP contribution is -2.21. The third-order valence-corrected chi connectivity index (χ3v) is 3.00. The van der Waals surface area contributed by atoms with Gasteiger partial charge in [-0.25, -0.2) is 0 Å². The molecule has 0 aliphatic carbocycles. The quantitative estimate of drug-likeness (QED) is 0.433. The van der Waals surface area contributed by atoms with Crippen molar-refractivity contribution in [2.24, 2.45) is 16.3 Å². The van der Waals surface area contributed by atoms with Crippen LogP contribution in [0.15, 0.2) is 17.1 Å². The lowest BCUT2D eigenvalue weighted by Gasteiger charge is -2.31.